The Morgan fingerprint density at radius 2 is 1.63 bits per heavy atom. The van der Waals surface area contributed by atoms with Crippen LogP contribution in [0.3, 0.4) is 0 Å². The minimum Gasteiger partial charge on any atom is -0.497 e. The summed E-state index contributed by atoms with van der Waals surface area (Å²) in [5.41, 5.74) is 2.60. The van der Waals surface area contributed by atoms with Gasteiger partial charge < -0.3 is 15.0 Å². The number of rotatable bonds is 11. The fraction of sp³-hybridized carbons (Fsp3) is 0.310. The van der Waals surface area contributed by atoms with Gasteiger partial charge in [-0.2, -0.15) is 0 Å². The summed E-state index contributed by atoms with van der Waals surface area (Å²) in [5.74, 6) is 0.659. The van der Waals surface area contributed by atoms with Crippen LogP contribution >= 0.6 is 11.6 Å². The highest BCUT2D eigenvalue weighted by Crippen LogP contribution is 2.21. The Morgan fingerprint density at radius 3 is 2.31 bits per heavy atom. The summed E-state index contributed by atoms with van der Waals surface area (Å²) in [6, 6.07) is 24.0. The zero-order valence-electron chi connectivity index (χ0n) is 20.5. The number of amides is 2. The van der Waals surface area contributed by atoms with E-state index in [1.54, 1.807) is 18.1 Å². The van der Waals surface area contributed by atoms with E-state index in [1.807, 2.05) is 86.6 Å². The van der Waals surface area contributed by atoms with Crippen molar-refractivity contribution in [1.82, 2.24) is 10.2 Å². The lowest BCUT2D eigenvalue weighted by atomic mass is 10.0. The van der Waals surface area contributed by atoms with E-state index in [0.29, 0.717) is 29.7 Å². The number of carbonyl (C=O) groups is 2. The predicted octanol–water partition coefficient (Wildman–Crippen LogP) is 5.30. The lowest BCUT2D eigenvalue weighted by Gasteiger charge is -2.32. The van der Waals surface area contributed by atoms with Crippen molar-refractivity contribution in [2.24, 2.45) is 5.92 Å². The SMILES string of the molecule is COc1cccc(CN(C(=O)Cc2ccccc2Cl)[C@H](Cc2ccccc2)C(=O)NCC(C)C)c1. The van der Waals surface area contributed by atoms with Crippen LogP contribution in [0.1, 0.15) is 30.5 Å². The van der Waals surface area contributed by atoms with Crippen LogP contribution in [0.4, 0.5) is 0 Å². The van der Waals surface area contributed by atoms with Crippen molar-refractivity contribution in [2.45, 2.75) is 39.3 Å². The lowest BCUT2D eigenvalue weighted by molar-refractivity contribution is -0.140. The minimum atomic E-state index is -0.683. The third-order valence-corrected chi connectivity index (χ3v) is 6.11. The Bertz CT molecular complexity index is 1120. The quantitative estimate of drug-likeness (QED) is 0.395. The number of nitrogens with zero attached hydrogens (tertiary/aromatic N) is 1. The molecule has 0 aliphatic heterocycles. The number of benzene rings is 3. The molecule has 0 spiro atoms. The molecule has 0 heterocycles. The molecule has 0 radical (unpaired) electrons. The molecule has 0 fully saturated rings. The summed E-state index contributed by atoms with van der Waals surface area (Å²) in [6.07, 6.45) is 0.509. The maximum absolute atomic E-state index is 13.8. The van der Waals surface area contributed by atoms with Crippen molar-refractivity contribution in [3.05, 3.63) is 101 Å². The van der Waals surface area contributed by atoms with E-state index in [2.05, 4.69) is 5.32 Å². The summed E-state index contributed by atoms with van der Waals surface area (Å²) in [5, 5.41) is 3.57. The van der Waals surface area contributed by atoms with Crippen LogP contribution in [0.25, 0.3) is 0 Å². The molecule has 0 unspecified atom stereocenters. The van der Waals surface area contributed by atoms with Gasteiger partial charge in [0.1, 0.15) is 11.8 Å². The van der Waals surface area contributed by atoms with Crippen molar-refractivity contribution in [3.8, 4) is 5.75 Å². The Labute approximate surface area is 213 Å². The fourth-order valence-corrected chi connectivity index (χ4v) is 4.05. The Hall–Kier alpha value is -3.31. The first-order valence-electron chi connectivity index (χ1n) is 11.8. The van der Waals surface area contributed by atoms with E-state index in [0.717, 1.165) is 16.7 Å². The van der Waals surface area contributed by atoms with Gasteiger partial charge in [0.05, 0.1) is 13.5 Å². The van der Waals surface area contributed by atoms with Gasteiger partial charge in [-0.05, 0) is 40.8 Å². The second kappa shape index (κ2) is 13.0. The van der Waals surface area contributed by atoms with E-state index in [9.17, 15) is 9.59 Å². The van der Waals surface area contributed by atoms with E-state index < -0.39 is 6.04 Å². The first-order valence-corrected chi connectivity index (χ1v) is 12.2. The molecule has 184 valence electrons. The molecule has 3 aromatic rings. The highest BCUT2D eigenvalue weighted by atomic mass is 35.5. The summed E-state index contributed by atoms with van der Waals surface area (Å²) >= 11 is 6.36. The van der Waals surface area contributed by atoms with Crippen LogP contribution in [0.5, 0.6) is 5.75 Å². The smallest absolute Gasteiger partial charge is 0.243 e. The van der Waals surface area contributed by atoms with E-state index >= 15 is 0 Å². The van der Waals surface area contributed by atoms with Crippen LogP contribution < -0.4 is 10.1 Å². The summed E-state index contributed by atoms with van der Waals surface area (Å²) in [4.78, 5) is 28.9. The lowest BCUT2D eigenvalue weighted by Crippen LogP contribution is -2.51. The molecule has 3 rings (SSSR count). The Balaban J connectivity index is 1.98. The van der Waals surface area contributed by atoms with Gasteiger partial charge in [0.2, 0.25) is 11.8 Å². The Kier molecular flexibility index (Phi) is 9.74. The zero-order chi connectivity index (χ0) is 25.2. The topological polar surface area (TPSA) is 58.6 Å². The Morgan fingerprint density at radius 1 is 0.943 bits per heavy atom. The molecule has 0 aliphatic rings. The molecule has 6 heteroatoms. The van der Waals surface area contributed by atoms with Crippen LogP contribution in [-0.4, -0.2) is 36.4 Å². The predicted molar refractivity (Wildman–Crippen MR) is 140 cm³/mol. The number of carbonyl (C=O) groups excluding carboxylic acids is 2. The van der Waals surface area contributed by atoms with Gasteiger partial charge in [-0.3, -0.25) is 9.59 Å². The highest BCUT2D eigenvalue weighted by molar-refractivity contribution is 6.31. The third kappa shape index (κ3) is 7.86. The number of halogens is 1. The van der Waals surface area contributed by atoms with Crippen molar-refractivity contribution in [2.75, 3.05) is 13.7 Å². The van der Waals surface area contributed by atoms with Crippen molar-refractivity contribution in [3.63, 3.8) is 0 Å². The molecule has 0 aliphatic carbocycles. The molecule has 0 bridgehead atoms. The van der Waals surface area contributed by atoms with Gasteiger partial charge in [0, 0.05) is 24.5 Å². The molecule has 2 amide bonds. The molecule has 0 saturated carbocycles. The molecular weight excluding hydrogens is 460 g/mol. The maximum atomic E-state index is 13.8. The highest BCUT2D eigenvalue weighted by Gasteiger charge is 2.30. The molecule has 0 saturated heterocycles. The standard InChI is InChI=1S/C29H33ClN2O3/c1-21(2)19-31-29(34)27(17-22-10-5-4-6-11-22)32(20-23-12-9-14-25(16-23)35-3)28(33)18-24-13-7-8-15-26(24)30/h4-16,21,27H,17-20H2,1-3H3,(H,31,34)/t27-/m1/s1. The number of methoxy groups -OCH3 is 1. The second-order valence-electron chi connectivity index (χ2n) is 8.99. The van der Waals surface area contributed by atoms with Gasteiger partial charge in [-0.25, -0.2) is 0 Å². The molecular formula is C29H33ClN2O3. The van der Waals surface area contributed by atoms with Crippen LogP contribution in [0.15, 0.2) is 78.9 Å². The fourth-order valence-electron chi connectivity index (χ4n) is 3.85. The van der Waals surface area contributed by atoms with Crippen LogP contribution in [0, 0.1) is 5.92 Å². The van der Waals surface area contributed by atoms with Crippen molar-refractivity contribution < 1.29 is 14.3 Å². The van der Waals surface area contributed by atoms with Crippen LogP contribution in [-0.2, 0) is 29.0 Å². The molecule has 3 aromatic carbocycles. The number of ether oxygens (including phenoxy) is 1. The monoisotopic (exact) mass is 492 g/mol. The second-order valence-corrected chi connectivity index (χ2v) is 9.39. The third-order valence-electron chi connectivity index (χ3n) is 5.74. The van der Waals surface area contributed by atoms with Gasteiger partial charge in [0.25, 0.3) is 0 Å². The van der Waals surface area contributed by atoms with E-state index in [-0.39, 0.29) is 24.8 Å². The van der Waals surface area contributed by atoms with Crippen molar-refractivity contribution in [1.29, 1.82) is 0 Å². The summed E-state index contributed by atoms with van der Waals surface area (Å²) < 4.78 is 5.38. The average Bonchev–Trinajstić information content (AvgIpc) is 2.86. The zero-order valence-corrected chi connectivity index (χ0v) is 21.3. The molecule has 1 atom stereocenters. The molecule has 0 aromatic heterocycles. The van der Waals surface area contributed by atoms with E-state index in [1.165, 1.54) is 0 Å². The first-order chi connectivity index (χ1) is 16.9. The summed E-state index contributed by atoms with van der Waals surface area (Å²) in [6.45, 7) is 4.90. The minimum absolute atomic E-state index is 0.104. The average molecular weight is 493 g/mol. The summed E-state index contributed by atoms with van der Waals surface area (Å²) in [7, 11) is 1.61. The van der Waals surface area contributed by atoms with Gasteiger partial charge >= 0.3 is 0 Å². The largest absolute Gasteiger partial charge is 0.497 e. The normalized spacial score (nSPS) is 11.7. The maximum Gasteiger partial charge on any atom is 0.243 e. The number of hydrogen-bond donors (Lipinski definition) is 1. The number of nitrogens with one attached hydrogen (secondary N) is 1. The van der Waals surface area contributed by atoms with Gasteiger partial charge in [-0.15, -0.1) is 0 Å². The molecule has 1 N–H and O–H groups in total. The van der Waals surface area contributed by atoms with Gasteiger partial charge in [0.15, 0.2) is 0 Å². The van der Waals surface area contributed by atoms with E-state index in [4.69, 9.17) is 16.3 Å². The first kappa shape index (κ1) is 26.3. The molecule has 35 heavy (non-hydrogen) atoms. The van der Waals surface area contributed by atoms with Crippen molar-refractivity contribution >= 4 is 23.4 Å². The number of hydrogen-bond acceptors (Lipinski definition) is 3. The van der Waals surface area contributed by atoms with Crippen LogP contribution in [0.2, 0.25) is 5.02 Å². The van der Waals surface area contributed by atoms with Gasteiger partial charge in [-0.1, -0.05) is 86.1 Å². The molecule has 5 nitrogen and oxygen atoms in total.